The molecule has 1 aliphatic rings. The van der Waals surface area contributed by atoms with E-state index < -0.39 is 5.97 Å². The highest BCUT2D eigenvalue weighted by Crippen LogP contribution is 2.27. The first kappa shape index (κ1) is 15.8. The van der Waals surface area contributed by atoms with Crippen molar-refractivity contribution in [3.63, 3.8) is 0 Å². The molecule has 0 spiro atoms. The summed E-state index contributed by atoms with van der Waals surface area (Å²) in [5, 5.41) is 11.7. The summed E-state index contributed by atoms with van der Waals surface area (Å²) in [7, 11) is 1.61. The molecule has 0 aliphatic heterocycles. The van der Waals surface area contributed by atoms with Crippen molar-refractivity contribution in [2.75, 3.05) is 20.3 Å². The Hall–Kier alpha value is -1.30. The number of aliphatic carboxylic acids is 1. The van der Waals surface area contributed by atoms with Crippen LogP contribution in [0.1, 0.15) is 39.0 Å². The number of methoxy groups -OCH3 is 1. The van der Waals surface area contributed by atoms with E-state index in [4.69, 9.17) is 9.84 Å². The zero-order valence-corrected chi connectivity index (χ0v) is 11.7. The molecule has 0 saturated heterocycles. The van der Waals surface area contributed by atoms with Gasteiger partial charge in [0.05, 0.1) is 19.1 Å². The molecule has 1 fully saturated rings. The van der Waals surface area contributed by atoms with Crippen LogP contribution in [0.5, 0.6) is 0 Å². The van der Waals surface area contributed by atoms with Gasteiger partial charge in [0.25, 0.3) is 0 Å². The maximum atomic E-state index is 12.2. The largest absolute Gasteiger partial charge is 0.481 e. The number of carbonyl (C=O) groups is 2. The van der Waals surface area contributed by atoms with Gasteiger partial charge in [0, 0.05) is 19.7 Å². The van der Waals surface area contributed by atoms with Gasteiger partial charge in [-0.2, -0.15) is 0 Å². The number of hydrogen-bond acceptors (Lipinski definition) is 3. The number of carboxylic acid groups (broad SMARTS) is 1. The molecule has 0 aromatic carbocycles. The van der Waals surface area contributed by atoms with E-state index in [1.807, 2.05) is 0 Å². The molecule has 0 bridgehead atoms. The second kappa shape index (κ2) is 7.99. The standard InChI is InChI=1S/C13H24N2O4/c1-3-4-10(9-19-2)14-13(18)15(11-5-6-11)8-7-12(16)17/h10-11H,3-9H2,1-2H3,(H,14,18)(H,16,17). The second-order valence-electron chi connectivity index (χ2n) is 4.96. The van der Waals surface area contributed by atoms with Crippen LogP contribution in [0.2, 0.25) is 0 Å². The molecule has 110 valence electrons. The molecule has 1 aliphatic carbocycles. The van der Waals surface area contributed by atoms with Gasteiger partial charge in [0.15, 0.2) is 0 Å². The summed E-state index contributed by atoms with van der Waals surface area (Å²) >= 11 is 0. The minimum Gasteiger partial charge on any atom is -0.481 e. The van der Waals surface area contributed by atoms with Gasteiger partial charge in [-0.15, -0.1) is 0 Å². The van der Waals surface area contributed by atoms with Crippen LogP contribution in [0.25, 0.3) is 0 Å². The third-order valence-corrected chi connectivity index (χ3v) is 3.15. The first-order chi connectivity index (χ1) is 9.08. The molecule has 1 unspecified atom stereocenters. The van der Waals surface area contributed by atoms with Crippen LogP contribution in [0.15, 0.2) is 0 Å². The molecule has 6 nitrogen and oxygen atoms in total. The van der Waals surface area contributed by atoms with Crippen LogP contribution in [0.3, 0.4) is 0 Å². The summed E-state index contributed by atoms with van der Waals surface area (Å²) in [5.74, 6) is -0.875. The molecule has 0 radical (unpaired) electrons. The molecule has 19 heavy (non-hydrogen) atoms. The Morgan fingerprint density at radius 1 is 1.47 bits per heavy atom. The second-order valence-corrected chi connectivity index (χ2v) is 4.96. The number of amides is 2. The quantitative estimate of drug-likeness (QED) is 0.666. The molecule has 1 rings (SSSR count). The Bertz CT molecular complexity index is 299. The van der Waals surface area contributed by atoms with E-state index in [2.05, 4.69) is 12.2 Å². The van der Waals surface area contributed by atoms with Crippen molar-refractivity contribution >= 4 is 12.0 Å². The zero-order chi connectivity index (χ0) is 14.3. The van der Waals surface area contributed by atoms with E-state index in [1.54, 1.807) is 12.0 Å². The Balaban J connectivity index is 2.47. The predicted octanol–water partition coefficient (Wildman–Crippen LogP) is 1.45. The Labute approximate surface area is 114 Å². The fourth-order valence-corrected chi connectivity index (χ4v) is 2.06. The highest BCUT2D eigenvalue weighted by Gasteiger charge is 2.33. The van der Waals surface area contributed by atoms with Crippen molar-refractivity contribution < 1.29 is 19.4 Å². The number of urea groups is 1. The molecule has 0 aromatic heterocycles. The summed E-state index contributed by atoms with van der Waals surface area (Å²) in [4.78, 5) is 24.4. The maximum Gasteiger partial charge on any atom is 0.317 e. The molecule has 2 N–H and O–H groups in total. The highest BCUT2D eigenvalue weighted by molar-refractivity contribution is 5.76. The third-order valence-electron chi connectivity index (χ3n) is 3.15. The Morgan fingerprint density at radius 3 is 2.63 bits per heavy atom. The fourth-order valence-electron chi connectivity index (χ4n) is 2.06. The molecule has 1 saturated carbocycles. The average molecular weight is 272 g/mol. The van der Waals surface area contributed by atoms with E-state index >= 15 is 0 Å². The van der Waals surface area contributed by atoms with Gasteiger partial charge >= 0.3 is 12.0 Å². The lowest BCUT2D eigenvalue weighted by Crippen LogP contribution is -2.48. The number of ether oxygens (including phenoxy) is 1. The zero-order valence-electron chi connectivity index (χ0n) is 11.7. The van der Waals surface area contributed by atoms with Gasteiger partial charge in [-0.1, -0.05) is 13.3 Å². The van der Waals surface area contributed by atoms with Crippen LogP contribution in [0, 0.1) is 0 Å². The summed E-state index contributed by atoms with van der Waals surface area (Å²) < 4.78 is 5.08. The molecular weight excluding hydrogens is 248 g/mol. The van der Waals surface area contributed by atoms with Gasteiger partial charge in [-0.25, -0.2) is 4.79 Å². The maximum absolute atomic E-state index is 12.2. The van der Waals surface area contributed by atoms with E-state index in [-0.39, 0.29) is 31.1 Å². The lowest BCUT2D eigenvalue weighted by Gasteiger charge is -2.25. The lowest BCUT2D eigenvalue weighted by atomic mass is 10.2. The molecule has 0 aromatic rings. The molecule has 0 heterocycles. The monoisotopic (exact) mass is 272 g/mol. The van der Waals surface area contributed by atoms with Crippen LogP contribution in [0.4, 0.5) is 4.79 Å². The van der Waals surface area contributed by atoms with Crippen LogP contribution in [-0.2, 0) is 9.53 Å². The van der Waals surface area contributed by atoms with Gasteiger partial charge in [0.2, 0.25) is 0 Å². The fraction of sp³-hybridized carbons (Fsp3) is 0.846. The van der Waals surface area contributed by atoms with Crippen molar-refractivity contribution in [1.82, 2.24) is 10.2 Å². The summed E-state index contributed by atoms with van der Waals surface area (Å²) in [5.41, 5.74) is 0. The first-order valence-electron chi connectivity index (χ1n) is 6.86. The molecular formula is C13H24N2O4. The molecule has 1 atom stereocenters. The van der Waals surface area contributed by atoms with E-state index in [9.17, 15) is 9.59 Å². The Morgan fingerprint density at radius 2 is 2.16 bits per heavy atom. The van der Waals surface area contributed by atoms with Crippen LogP contribution < -0.4 is 5.32 Å². The van der Waals surface area contributed by atoms with Crippen molar-refractivity contribution in [3.05, 3.63) is 0 Å². The number of carbonyl (C=O) groups excluding carboxylic acids is 1. The number of hydrogen-bond donors (Lipinski definition) is 2. The minimum absolute atomic E-state index is 0.00595. The van der Waals surface area contributed by atoms with E-state index in [1.165, 1.54) is 0 Å². The van der Waals surface area contributed by atoms with Gasteiger partial charge < -0.3 is 20.1 Å². The van der Waals surface area contributed by atoms with Crippen molar-refractivity contribution in [2.45, 2.75) is 51.1 Å². The summed E-state index contributed by atoms with van der Waals surface area (Å²) in [6.07, 6.45) is 3.75. The Kier molecular flexibility index (Phi) is 6.62. The van der Waals surface area contributed by atoms with Crippen molar-refractivity contribution in [1.29, 1.82) is 0 Å². The SMILES string of the molecule is CCCC(COC)NC(=O)N(CCC(=O)O)C1CC1. The van der Waals surface area contributed by atoms with Crippen LogP contribution in [-0.4, -0.2) is 54.4 Å². The highest BCUT2D eigenvalue weighted by atomic mass is 16.5. The topological polar surface area (TPSA) is 78.9 Å². The third kappa shape index (κ3) is 5.92. The van der Waals surface area contributed by atoms with E-state index in [0.29, 0.717) is 6.61 Å². The average Bonchev–Trinajstić information content (AvgIpc) is 3.14. The first-order valence-corrected chi connectivity index (χ1v) is 6.86. The van der Waals surface area contributed by atoms with E-state index in [0.717, 1.165) is 25.7 Å². The minimum atomic E-state index is -0.875. The summed E-state index contributed by atoms with van der Waals surface area (Å²) in [6, 6.07) is 0.0389. The number of carboxylic acids is 1. The van der Waals surface area contributed by atoms with Gasteiger partial charge in [-0.3, -0.25) is 4.79 Å². The number of nitrogens with zero attached hydrogens (tertiary/aromatic N) is 1. The van der Waals surface area contributed by atoms with Crippen molar-refractivity contribution in [2.24, 2.45) is 0 Å². The lowest BCUT2D eigenvalue weighted by molar-refractivity contribution is -0.137. The molecule has 6 heteroatoms. The normalized spacial score (nSPS) is 15.9. The predicted molar refractivity (Wildman–Crippen MR) is 71.1 cm³/mol. The molecule has 2 amide bonds. The summed E-state index contributed by atoms with van der Waals surface area (Å²) in [6.45, 7) is 2.81. The number of rotatable bonds is 9. The van der Waals surface area contributed by atoms with Gasteiger partial charge in [-0.05, 0) is 19.3 Å². The van der Waals surface area contributed by atoms with Crippen LogP contribution >= 0.6 is 0 Å². The van der Waals surface area contributed by atoms with Gasteiger partial charge in [0.1, 0.15) is 0 Å². The van der Waals surface area contributed by atoms with Crippen molar-refractivity contribution in [3.8, 4) is 0 Å². The smallest absolute Gasteiger partial charge is 0.317 e. The number of nitrogens with one attached hydrogen (secondary N) is 1.